The third-order valence-corrected chi connectivity index (χ3v) is 1.60. The first-order valence-electron chi connectivity index (χ1n) is 3.65. The van der Waals surface area contributed by atoms with E-state index in [9.17, 15) is 4.79 Å². The molecule has 0 bridgehead atoms. The first-order valence-corrected chi connectivity index (χ1v) is 3.65. The van der Waals surface area contributed by atoms with E-state index in [1.54, 1.807) is 6.08 Å². The highest BCUT2D eigenvalue weighted by Gasteiger charge is 2.12. The summed E-state index contributed by atoms with van der Waals surface area (Å²) in [5.74, 6) is 0.236. The van der Waals surface area contributed by atoms with Crippen LogP contribution in [0.1, 0.15) is 19.8 Å². The van der Waals surface area contributed by atoms with Gasteiger partial charge in [0.1, 0.15) is 0 Å². The van der Waals surface area contributed by atoms with E-state index in [-0.39, 0.29) is 11.7 Å². The van der Waals surface area contributed by atoms with Crippen LogP contribution in [0, 0.1) is 12.0 Å². The smallest absolute Gasteiger partial charge is 0.170 e. The molecule has 0 spiro atoms. The monoisotopic (exact) mass is 135 g/mol. The molecule has 0 aromatic rings. The van der Waals surface area contributed by atoms with Crippen molar-refractivity contribution in [1.29, 1.82) is 0 Å². The van der Waals surface area contributed by atoms with E-state index in [2.05, 4.69) is 13.0 Å². The molecule has 0 saturated heterocycles. The molecule has 0 aromatic carbocycles. The van der Waals surface area contributed by atoms with Gasteiger partial charge in [0.2, 0.25) is 0 Å². The molecule has 0 amide bonds. The van der Waals surface area contributed by atoms with Crippen LogP contribution in [0.4, 0.5) is 0 Å². The van der Waals surface area contributed by atoms with Gasteiger partial charge in [-0.25, -0.2) is 0 Å². The molecule has 1 unspecified atom stereocenters. The Labute approximate surface area is 61.4 Å². The van der Waals surface area contributed by atoms with Crippen LogP contribution in [0.3, 0.4) is 0 Å². The maximum atomic E-state index is 11.0. The normalized spacial score (nSPS) is 23.7. The van der Waals surface area contributed by atoms with Gasteiger partial charge >= 0.3 is 0 Å². The molecule has 0 saturated carbocycles. The largest absolute Gasteiger partial charge is 0.293 e. The summed E-state index contributed by atoms with van der Waals surface area (Å²) < 4.78 is 0. The predicted molar refractivity (Wildman–Crippen MR) is 40.4 cm³/mol. The van der Waals surface area contributed by atoms with Gasteiger partial charge in [-0.2, -0.15) is 0 Å². The molecule has 1 aliphatic rings. The Kier molecular flexibility index (Phi) is 2.43. The Hall–Kier alpha value is -0.850. The van der Waals surface area contributed by atoms with Crippen molar-refractivity contribution in [3.63, 3.8) is 0 Å². The summed E-state index contributed by atoms with van der Waals surface area (Å²) >= 11 is 0. The van der Waals surface area contributed by atoms with Gasteiger partial charge in [0.05, 0.1) is 0 Å². The summed E-state index contributed by atoms with van der Waals surface area (Å²) in [4.78, 5) is 11.0. The van der Waals surface area contributed by atoms with Gasteiger partial charge in [-0.3, -0.25) is 4.79 Å². The zero-order valence-electron chi connectivity index (χ0n) is 6.13. The quantitative estimate of drug-likeness (QED) is 0.565. The maximum Gasteiger partial charge on any atom is 0.170 e. The second-order valence-electron chi connectivity index (χ2n) is 2.46. The second kappa shape index (κ2) is 3.35. The number of allylic oxidation sites excluding steroid dienone is 4. The van der Waals surface area contributed by atoms with Crippen LogP contribution in [-0.2, 0) is 4.79 Å². The van der Waals surface area contributed by atoms with E-state index in [0.29, 0.717) is 0 Å². The van der Waals surface area contributed by atoms with Crippen molar-refractivity contribution in [3.05, 3.63) is 24.3 Å². The molecule has 1 heteroatoms. The molecule has 53 valence electrons. The highest BCUT2D eigenvalue weighted by Crippen LogP contribution is 2.12. The van der Waals surface area contributed by atoms with Crippen molar-refractivity contribution in [2.45, 2.75) is 19.8 Å². The Bertz CT molecular complexity index is 177. The van der Waals surface area contributed by atoms with Crippen LogP contribution in [0.15, 0.2) is 18.2 Å². The van der Waals surface area contributed by atoms with Gasteiger partial charge < -0.3 is 0 Å². The Morgan fingerprint density at radius 1 is 1.70 bits per heavy atom. The van der Waals surface area contributed by atoms with Crippen molar-refractivity contribution < 1.29 is 4.79 Å². The van der Waals surface area contributed by atoms with Crippen LogP contribution in [0.25, 0.3) is 0 Å². The molecule has 1 rings (SSSR count). The SMILES string of the molecule is CCCC1C=CC=[C]C1=O. The predicted octanol–water partition coefficient (Wildman–Crippen LogP) is 1.90. The number of carbonyl (C=O) groups is 1. The fourth-order valence-electron chi connectivity index (χ4n) is 1.05. The summed E-state index contributed by atoms with van der Waals surface area (Å²) in [5.41, 5.74) is 0. The van der Waals surface area contributed by atoms with Crippen LogP contribution in [0.5, 0.6) is 0 Å². The summed E-state index contributed by atoms with van der Waals surface area (Å²) in [7, 11) is 0. The zero-order chi connectivity index (χ0) is 7.40. The standard InChI is InChI=1S/C9H11O/c1-2-5-8-6-3-4-7-9(8)10/h3-4,6,8H,2,5H2,1H3. The van der Waals surface area contributed by atoms with Crippen LogP contribution in [0.2, 0.25) is 0 Å². The van der Waals surface area contributed by atoms with E-state index in [1.165, 1.54) is 0 Å². The summed E-state index contributed by atoms with van der Waals surface area (Å²) in [6.07, 6.45) is 10.2. The molecule has 1 atom stereocenters. The Morgan fingerprint density at radius 2 is 2.50 bits per heavy atom. The lowest BCUT2D eigenvalue weighted by atomic mass is 9.95. The molecule has 0 aliphatic heterocycles. The van der Waals surface area contributed by atoms with Gasteiger partial charge in [-0.15, -0.1) is 0 Å². The minimum Gasteiger partial charge on any atom is -0.293 e. The number of hydrogen-bond donors (Lipinski definition) is 0. The maximum absolute atomic E-state index is 11.0. The summed E-state index contributed by atoms with van der Waals surface area (Å²) in [5, 5.41) is 0. The summed E-state index contributed by atoms with van der Waals surface area (Å²) in [6, 6.07) is 0. The molecule has 1 radical (unpaired) electrons. The topological polar surface area (TPSA) is 17.1 Å². The van der Waals surface area contributed by atoms with Crippen molar-refractivity contribution in [1.82, 2.24) is 0 Å². The van der Waals surface area contributed by atoms with Crippen LogP contribution in [-0.4, -0.2) is 5.78 Å². The Balaban J connectivity index is 2.53. The van der Waals surface area contributed by atoms with Gasteiger partial charge in [0, 0.05) is 12.0 Å². The van der Waals surface area contributed by atoms with Gasteiger partial charge in [0.15, 0.2) is 5.78 Å². The van der Waals surface area contributed by atoms with Crippen LogP contribution >= 0.6 is 0 Å². The third kappa shape index (κ3) is 1.56. The van der Waals surface area contributed by atoms with Crippen molar-refractivity contribution in [3.8, 4) is 0 Å². The van der Waals surface area contributed by atoms with E-state index in [0.717, 1.165) is 12.8 Å². The highest BCUT2D eigenvalue weighted by molar-refractivity contribution is 5.90. The number of rotatable bonds is 2. The van der Waals surface area contributed by atoms with Crippen LogP contribution < -0.4 is 0 Å². The fraction of sp³-hybridized carbons (Fsp3) is 0.444. The zero-order valence-corrected chi connectivity index (χ0v) is 6.13. The van der Waals surface area contributed by atoms with Crippen molar-refractivity contribution in [2.75, 3.05) is 0 Å². The van der Waals surface area contributed by atoms with Crippen molar-refractivity contribution >= 4 is 5.78 Å². The molecule has 0 fully saturated rings. The molecule has 0 heterocycles. The van der Waals surface area contributed by atoms with Gasteiger partial charge in [-0.1, -0.05) is 31.6 Å². The number of hydrogen-bond acceptors (Lipinski definition) is 1. The lowest BCUT2D eigenvalue weighted by molar-refractivity contribution is -0.117. The lowest BCUT2D eigenvalue weighted by Gasteiger charge is -2.08. The third-order valence-electron chi connectivity index (χ3n) is 1.60. The first-order chi connectivity index (χ1) is 4.84. The van der Waals surface area contributed by atoms with E-state index < -0.39 is 0 Å². The molecule has 0 N–H and O–H groups in total. The second-order valence-corrected chi connectivity index (χ2v) is 2.46. The number of carbonyl (C=O) groups excluding carboxylic acids is 1. The average Bonchev–Trinajstić information content (AvgIpc) is 1.94. The number of Topliss-reactive ketones (excluding diaryl/α,β-unsaturated/α-hetero) is 1. The first kappa shape index (κ1) is 7.26. The average molecular weight is 135 g/mol. The fourth-order valence-corrected chi connectivity index (χ4v) is 1.05. The molecule has 1 nitrogen and oxygen atoms in total. The van der Waals surface area contributed by atoms with Crippen molar-refractivity contribution in [2.24, 2.45) is 5.92 Å². The Morgan fingerprint density at radius 3 is 3.10 bits per heavy atom. The molecule has 1 aliphatic carbocycles. The molecular formula is C9H11O. The van der Waals surface area contributed by atoms with E-state index in [4.69, 9.17) is 0 Å². The molecular weight excluding hydrogens is 124 g/mol. The van der Waals surface area contributed by atoms with Gasteiger partial charge in [-0.05, 0) is 6.42 Å². The number of ketones is 1. The van der Waals surface area contributed by atoms with Gasteiger partial charge in [0.25, 0.3) is 0 Å². The van der Waals surface area contributed by atoms with E-state index >= 15 is 0 Å². The van der Waals surface area contributed by atoms with E-state index in [1.807, 2.05) is 12.2 Å². The minimum absolute atomic E-state index is 0.106. The highest BCUT2D eigenvalue weighted by atomic mass is 16.1. The summed E-state index contributed by atoms with van der Waals surface area (Å²) in [6.45, 7) is 2.08. The minimum atomic E-state index is 0.106. The molecule has 10 heavy (non-hydrogen) atoms. The lowest BCUT2D eigenvalue weighted by Crippen LogP contribution is -2.11. The molecule has 0 aromatic heterocycles.